The van der Waals surface area contributed by atoms with E-state index >= 15 is 0 Å². The highest BCUT2D eigenvalue weighted by molar-refractivity contribution is 4.87. The van der Waals surface area contributed by atoms with Crippen LogP contribution in [0.3, 0.4) is 0 Å². The maximum absolute atomic E-state index is 9.79. The first kappa shape index (κ1) is 11.1. The molecule has 2 unspecified atom stereocenters. The zero-order valence-corrected chi connectivity index (χ0v) is 9.15. The number of hydrogen-bond donors (Lipinski definition) is 1. The summed E-state index contributed by atoms with van der Waals surface area (Å²) in [7, 11) is 0. The van der Waals surface area contributed by atoms with E-state index in [1.165, 1.54) is 19.3 Å². The Hall–Kier alpha value is -0.380. The minimum Gasteiger partial charge on any atom is -0.390 e. The van der Waals surface area contributed by atoms with Crippen LogP contribution < -0.4 is 0 Å². The van der Waals surface area contributed by atoms with Crippen molar-refractivity contribution in [1.29, 1.82) is 0 Å². The van der Waals surface area contributed by atoms with Gasteiger partial charge in [0.25, 0.3) is 0 Å². The Morgan fingerprint density at radius 2 is 2.13 bits per heavy atom. The molecule has 2 rings (SSSR count). The molecule has 0 bridgehead atoms. The highest BCUT2D eigenvalue weighted by atomic mass is 16.7. The third-order valence-corrected chi connectivity index (χ3v) is 3.33. The van der Waals surface area contributed by atoms with Crippen LogP contribution in [0.1, 0.15) is 38.5 Å². The van der Waals surface area contributed by atoms with Gasteiger partial charge in [-0.25, -0.2) is 0 Å². The van der Waals surface area contributed by atoms with Gasteiger partial charge in [0.2, 0.25) is 0 Å². The molecule has 3 heteroatoms. The zero-order chi connectivity index (χ0) is 10.7. The maximum atomic E-state index is 9.79. The summed E-state index contributed by atoms with van der Waals surface area (Å²) in [5.74, 6) is -0.370. The smallest absolute Gasteiger partial charge is 0.169 e. The summed E-state index contributed by atoms with van der Waals surface area (Å²) in [6, 6.07) is 0. The molecular weight excluding hydrogens is 192 g/mol. The van der Waals surface area contributed by atoms with E-state index in [9.17, 15) is 5.11 Å². The summed E-state index contributed by atoms with van der Waals surface area (Å²) in [4.78, 5) is 0. The van der Waals surface area contributed by atoms with Crippen LogP contribution in [0.4, 0.5) is 0 Å². The van der Waals surface area contributed by atoms with Crippen LogP contribution in [-0.4, -0.2) is 29.7 Å². The summed E-state index contributed by atoms with van der Waals surface area (Å²) in [5.41, 5.74) is 0. The molecule has 0 radical (unpaired) electrons. The molecule has 1 N–H and O–H groups in total. The fourth-order valence-electron chi connectivity index (χ4n) is 2.44. The van der Waals surface area contributed by atoms with Gasteiger partial charge in [0, 0.05) is 12.8 Å². The fourth-order valence-corrected chi connectivity index (χ4v) is 2.44. The summed E-state index contributed by atoms with van der Waals surface area (Å²) in [5, 5.41) is 9.79. The molecule has 86 valence electrons. The lowest BCUT2D eigenvalue weighted by Crippen LogP contribution is -2.35. The second-order valence-corrected chi connectivity index (χ2v) is 4.53. The largest absolute Gasteiger partial charge is 0.390 e. The Morgan fingerprint density at radius 3 is 2.80 bits per heavy atom. The topological polar surface area (TPSA) is 38.7 Å². The van der Waals surface area contributed by atoms with Gasteiger partial charge in [0.1, 0.15) is 6.10 Å². The predicted molar refractivity (Wildman–Crippen MR) is 57.5 cm³/mol. The number of aliphatic hydroxyl groups excluding tert-OH is 1. The monoisotopic (exact) mass is 212 g/mol. The molecule has 1 saturated heterocycles. The normalized spacial score (nSPS) is 31.7. The molecule has 1 aliphatic heterocycles. The van der Waals surface area contributed by atoms with Crippen molar-refractivity contribution in [2.75, 3.05) is 6.61 Å². The molecule has 0 aromatic heterocycles. The van der Waals surface area contributed by atoms with Crippen LogP contribution in [-0.2, 0) is 9.47 Å². The van der Waals surface area contributed by atoms with Gasteiger partial charge < -0.3 is 14.6 Å². The van der Waals surface area contributed by atoms with Crippen LogP contribution in [0, 0.1) is 0 Å². The minimum atomic E-state index is -0.469. The van der Waals surface area contributed by atoms with E-state index in [0.717, 1.165) is 12.8 Å². The van der Waals surface area contributed by atoms with Crippen molar-refractivity contribution < 1.29 is 14.6 Å². The molecular formula is C12H20O3. The Kier molecular flexibility index (Phi) is 3.44. The van der Waals surface area contributed by atoms with Gasteiger partial charge in [-0.05, 0) is 19.3 Å². The highest BCUT2D eigenvalue weighted by Gasteiger charge is 2.44. The van der Waals surface area contributed by atoms with Crippen molar-refractivity contribution in [3.05, 3.63) is 12.7 Å². The first-order valence-electron chi connectivity index (χ1n) is 5.86. The van der Waals surface area contributed by atoms with E-state index in [4.69, 9.17) is 9.47 Å². The SMILES string of the molecule is C=CCC(O)C1COC2(CCCCC2)O1. The minimum absolute atomic E-state index is 0.166. The summed E-state index contributed by atoms with van der Waals surface area (Å²) in [6.45, 7) is 4.14. The van der Waals surface area contributed by atoms with Crippen molar-refractivity contribution >= 4 is 0 Å². The zero-order valence-electron chi connectivity index (χ0n) is 9.15. The van der Waals surface area contributed by atoms with E-state index in [-0.39, 0.29) is 11.9 Å². The first-order valence-corrected chi connectivity index (χ1v) is 5.86. The molecule has 1 saturated carbocycles. The van der Waals surface area contributed by atoms with Gasteiger partial charge in [0.05, 0.1) is 12.7 Å². The fraction of sp³-hybridized carbons (Fsp3) is 0.833. The van der Waals surface area contributed by atoms with E-state index in [1.54, 1.807) is 6.08 Å². The van der Waals surface area contributed by atoms with Gasteiger partial charge in [0.15, 0.2) is 5.79 Å². The molecule has 3 nitrogen and oxygen atoms in total. The van der Waals surface area contributed by atoms with Gasteiger partial charge in [-0.1, -0.05) is 12.5 Å². The Bertz CT molecular complexity index is 221. The van der Waals surface area contributed by atoms with Crippen molar-refractivity contribution in [3.63, 3.8) is 0 Å². The van der Waals surface area contributed by atoms with Crippen LogP contribution in [0.15, 0.2) is 12.7 Å². The Morgan fingerprint density at radius 1 is 1.40 bits per heavy atom. The van der Waals surface area contributed by atoms with Gasteiger partial charge >= 0.3 is 0 Å². The van der Waals surface area contributed by atoms with E-state index in [0.29, 0.717) is 13.0 Å². The third-order valence-electron chi connectivity index (χ3n) is 3.33. The lowest BCUT2D eigenvalue weighted by Gasteiger charge is -2.32. The molecule has 2 atom stereocenters. The Balaban J connectivity index is 1.90. The number of rotatable bonds is 3. The van der Waals surface area contributed by atoms with Crippen LogP contribution in [0.25, 0.3) is 0 Å². The van der Waals surface area contributed by atoms with Crippen LogP contribution in [0.5, 0.6) is 0 Å². The number of aliphatic hydroxyl groups is 1. The van der Waals surface area contributed by atoms with Gasteiger partial charge in [-0.2, -0.15) is 0 Å². The van der Waals surface area contributed by atoms with E-state index < -0.39 is 6.10 Å². The van der Waals surface area contributed by atoms with Gasteiger partial charge in [-0.15, -0.1) is 6.58 Å². The quantitative estimate of drug-likeness (QED) is 0.727. The highest BCUT2D eigenvalue weighted by Crippen LogP contribution is 2.38. The van der Waals surface area contributed by atoms with E-state index in [2.05, 4.69) is 6.58 Å². The van der Waals surface area contributed by atoms with Crippen molar-refractivity contribution in [2.24, 2.45) is 0 Å². The Labute approximate surface area is 91.1 Å². The summed E-state index contributed by atoms with van der Waals surface area (Å²) >= 11 is 0. The molecule has 15 heavy (non-hydrogen) atoms. The second-order valence-electron chi connectivity index (χ2n) is 4.53. The molecule has 0 aromatic rings. The van der Waals surface area contributed by atoms with Crippen LogP contribution >= 0.6 is 0 Å². The lowest BCUT2D eigenvalue weighted by molar-refractivity contribution is -0.195. The molecule has 2 aliphatic rings. The maximum Gasteiger partial charge on any atom is 0.169 e. The van der Waals surface area contributed by atoms with Crippen molar-refractivity contribution in [2.45, 2.75) is 56.5 Å². The van der Waals surface area contributed by atoms with Crippen molar-refractivity contribution in [1.82, 2.24) is 0 Å². The summed E-state index contributed by atoms with van der Waals surface area (Å²) < 4.78 is 11.6. The van der Waals surface area contributed by atoms with Crippen LogP contribution in [0.2, 0.25) is 0 Å². The predicted octanol–water partition coefficient (Wildman–Crippen LogP) is 2.00. The molecule has 1 heterocycles. The molecule has 1 spiro atoms. The van der Waals surface area contributed by atoms with Crippen molar-refractivity contribution in [3.8, 4) is 0 Å². The average molecular weight is 212 g/mol. The van der Waals surface area contributed by atoms with Gasteiger partial charge in [-0.3, -0.25) is 0 Å². The number of ether oxygens (including phenoxy) is 2. The number of hydrogen-bond acceptors (Lipinski definition) is 3. The average Bonchev–Trinajstić information content (AvgIpc) is 2.64. The molecule has 2 fully saturated rings. The molecule has 0 aromatic carbocycles. The first-order chi connectivity index (χ1) is 7.26. The molecule has 1 aliphatic carbocycles. The van der Waals surface area contributed by atoms with E-state index in [1.807, 2.05) is 0 Å². The molecule has 0 amide bonds. The summed E-state index contributed by atoms with van der Waals surface area (Å²) in [6.07, 6.45) is 7.23. The third kappa shape index (κ3) is 2.41. The lowest BCUT2D eigenvalue weighted by atomic mass is 9.94. The standard InChI is InChI=1S/C12H20O3/c1-2-6-10(13)11-9-14-12(15-11)7-4-3-5-8-12/h2,10-11,13H,1,3-9H2. The second kappa shape index (κ2) is 4.64.